The summed E-state index contributed by atoms with van der Waals surface area (Å²) in [5.74, 6) is -0.943. The highest BCUT2D eigenvalue weighted by Gasteiger charge is 2.19. The van der Waals surface area contributed by atoms with Crippen LogP contribution in [0.25, 0.3) is 11.0 Å². The number of nitrogens with one attached hydrogen (secondary N) is 1. The van der Waals surface area contributed by atoms with E-state index in [0.29, 0.717) is 11.0 Å². The third kappa shape index (κ3) is 4.59. The molecule has 6 nitrogen and oxygen atoms in total. The van der Waals surface area contributed by atoms with E-state index in [1.54, 1.807) is 24.3 Å². The first kappa shape index (κ1) is 21.3. The van der Waals surface area contributed by atoms with Crippen LogP contribution in [0.15, 0.2) is 57.7 Å². The fraction of sp³-hybridized carbons (Fsp3) is 0.292. The van der Waals surface area contributed by atoms with Gasteiger partial charge in [-0.2, -0.15) is 0 Å². The topological polar surface area (TPSA) is 85.6 Å². The van der Waals surface area contributed by atoms with Gasteiger partial charge in [0.15, 0.2) is 6.61 Å². The van der Waals surface area contributed by atoms with Gasteiger partial charge in [-0.05, 0) is 35.1 Å². The van der Waals surface area contributed by atoms with Crippen molar-refractivity contribution < 1.29 is 18.7 Å². The van der Waals surface area contributed by atoms with Crippen LogP contribution in [-0.2, 0) is 9.53 Å². The van der Waals surface area contributed by atoms with Gasteiger partial charge in [0.2, 0.25) is 0 Å². The fourth-order valence-corrected chi connectivity index (χ4v) is 3.28. The van der Waals surface area contributed by atoms with Crippen LogP contribution in [0, 0.1) is 0 Å². The molecule has 0 saturated carbocycles. The normalized spacial score (nSPS) is 11.1. The number of para-hydroxylation sites is 2. The number of rotatable bonds is 6. The number of esters is 1. The minimum Gasteiger partial charge on any atom is -0.452 e. The summed E-state index contributed by atoms with van der Waals surface area (Å²) in [5.41, 5.74) is 2.10. The van der Waals surface area contributed by atoms with Crippen molar-refractivity contribution in [3.8, 4) is 0 Å². The Kier molecular flexibility index (Phi) is 6.35. The minimum atomic E-state index is -0.897. The molecule has 0 saturated heterocycles. The van der Waals surface area contributed by atoms with Crippen molar-refractivity contribution in [3.63, 3.8) is 0 Å². The van der Waals surface area contributed by atoms with Crippen molar-refractivity contribution in [2.75, 3.05) is 11.9 Å². The van der Waals surface area contributed by atoms with Crippen molar-refractivity contribution in [2.45, 2.75) is 39.5 Å². The number of benzene rings is 2. The van der Waals surface area contributed by atoms with Gasteiger partial charge < -0.3 is 14.5 Å². The van der Waals surface area contributed by atoms with Crippen LogP contribution >= 0.6 is 0 Å². The van der Waals surface area contributed by atoms with Gasteiger partial charge in [-0.3, -0.25) is 4.79 Å². The highest BCUT2D eigenvalue weighted by Crippen LogP contribution is 2.32. The number of fused-ring (bicyclic) bond motifs is 1. The smallest absolute Gasteiger partial charge is 0.351 e. The molecule has 0 aliphatic heterocycles. The summed E-state index contributed by atoms with van der Waals surface area (Å²) in [6, 6.07) is 14.2. The van der Waals surface area contributed by atoms with Gasteiger partial charge in [0.1, 0.15) is 11.1 Å². The van der Waals surface area contributed by atoms with Crippen LogP contribution in [0.5, 0.6) is 0 Å². The summed E-state index contributed by atoms with van der Waals surface area (Å²) in [7, 11) is 0. The highest BCUT2D eigenvalue weighted by atomic mass is 16.5. The lowest BCUT2D eigenvalue weighted by Gasteiger charge is -2.20. The molecule has 1 aromatic heterocycles. The third-order valence-corrected chi connectivity index (χ3v) is 4.83. The second-order valence-electron chi connectivity index (χ2n) is 7.73. The summed E-state index contributed by atoms with van der Waals surface area (Å²) in [4.78, 5) is 36.9. The molecular formula is C24H25NO5. The molecule has 0 aliphatic carbocycles. The molecule has 0 aliphatic rings. The van der Waals surface area contributed by atoms with Crippen molar-refractivity contribution in [3.05, 3.63) is 75.6 Å². The highest BCUT2D eigenvalue weighted by molar-refractivity contribution is 5.97. The maximum atomic E-state index is 12.5. The van der Waals surface area contributed by atoms with Gasteiger partial charge in [0.05, 0.1) is 0 Å². The molecule has 0 fully saturated rings. The monoisotopic (exact) mass is 407 g/mol. The van der Waals surface area contributed by atoms with Crippen LogP contribution in [0.2, 0.25) is 0 Å². The first-order valence-corrected chi connectivity index (χ1v) is 9.90. The van der Waals surface area contributed by atoms with Crippen LogP contribution in [0.1, 0.15) is 61.0 Å². The predicted octanol–water partition coefficient (Wildman–Crippen LogP) is 4.84. The van der Waals surface area contributed by atoms with E-state index < -0.39 is 24.1 Å². The Hall–Kier alpha value is -3.41. The van der Waals surface area contributed by atoms with Crippen LogP contribution in [-0.4, -0.2) is 18.5 Å². The van der Waals surface area contributed by atoms with Gasteiger partial charge >= 0.3 is 11.6 Å². The maximum Gasteiger partial charge on any atom is 0.351 e. The Morgan fingerprint density at radius 3 is 2.23 bits per heavy atom. The molecule has 1 N–H and O–H groups in total. The average Bonchev–Trinajstić information content (AvgIpc) is 2.71. The number of carbonyl (C=O) groups excluding carboxylic acids is 2. The number of carbonyl (C=O) groups is 2. The van der Waals surface area contributed by atoms with Crippen molar-refractivity contribution >= 4 is 28.5 Å². The molecule has 0 spiro atoms. The second-order valence-corrected chi connectivity index (χ2v) is 7.73. The number of hydrogen-bond acceptors (Lipinski definition) is 5. The zero-order chi connectivity index (χ0) is 21.8. The number of anilines is 1. The standard InChI is InChI=1S/C24H25NO5/c1-14(2)17-9-7-10-18(15(3)4)22(17)25-21(26)13-29-23(27)19-12-16-8-5-6-11-20(16)30-24(19)28/h5-12,14-15H,13H2,1-4H3,(H,25,26). The molecule has 3 aromatic rings. The van der Waals surface area contributed by atoms with Gasteiger partial charge in [-0.15, -0.1) is 0 Å². The molecule has 156 valence electrons. The Bertz CT molecular complexity index is 1120. The predicted molar refractivity (Wildman–Crippen MR) is 116 cm³/mol. The molecule has 30 heavy (non-hydrogen) atoms. The number of hydrogen-bond donors (Lipinski definition) is 1. The Morgan fingerprint density at radius 2 is 1.60 bits per heavy atom. The van der Waals surface area contributed by atoms with Gasteiger partial charge in [0.25, 0.3) is 5.91 Å². The first-order chi connectivity index (χ1) is 14.3. The minimum absolute atomic E-state index is 0.212. The lowest BCUT2D eigenvalue weighted by Crippen LogP contribution is -2.24. The van der Waals surface area contributed by atoms with E-state index in [1.165, 1.54) is 6.07 Å². The summed E-state index contributed by atoms with van der Waals surface area (Å²) >= 11 is 0. The summed E-state index contributed by atoms with van der Waals surface area (Å²) in [6.07, 6.45) is 0. The molecule has 6 heteroatoms. The Balaban J connectivity index is 1.75. The molecular weight excluding hydrogens is 382 g/mol. The number of ether oxygens (including phenoxy) is 1. The lowest BCUT2D eigenvalue weighted by molar-refractivity contribution is -0.119. The van der Waals surface area contributed by atoms with Gasteiger partial charge in [0, 0.05) is 11.1 Å². The van der Waals surface area contributed by atoms with Gasteiger partial charge in [-0.1, -0.05) is 64.1 Å². The molecule has 1 amide bonds. The molecule has 3 rings (SSSR count). The zero-order valence-corrected chi connectivity index (χ0v) is 17.5. The van der Waals surface area contributed by atoms with E-state index in [-0.39, 0.29) is 17.4 Å². The van der Waals surface area contributed by atoms with E-state index in [9.17, 15) is 14.4 Å². The molecule has 0 bridgehead atoms. The van der Waals surface area contributed by atoms with Crippen LogP contribution in [0.4, 0.5) is 5.69 Å². The van der Waals surface area contributed by atoms with Crippen molar-refractivity contribution in [2.24, 2.45) is 0 Å². The lowest BCUT2D eigenvalue weighted by atomic mass is 9.92. The van der Waals surface area contributed by atoms with E-state index in [1.807, 2.05) is 45.9 Å². The maximum absolute atomic E-state index is 12.5. The zero-order valence-electron chi connectivity index (χ0n) is 17.5. The second kappa shape index (κ2) is 8.95. The molecule has 0 unspecified atom stereocenters. The third-order valence-electron chi connectivity index (χ3n) is 4.83. The molecule has 2 aromatic carbocycles. The summed E-state index contributed by atoms with van der Waals surface area (Å²) in [5, 5.41) is 3.47. The molecule has 1 heterocycles. The summed E-state index contributed by atoms with van der Waals surface area (Å²) in [6.45, 7) is 7.69. The Labute approximate surface area is 174 Å². The van der Waals surface area contributed by atoms with E-state index in [4.69, 9.17) is 9.15 Å². The van der Waals surface area contributed by atoms with Crippen LogP contribution < -0.4 is 10.9 Å². The quantitative estimate of drug-likeness (QED) is 0.467. The molecule has 0 radical (unpaired) electrons. The first-order valence-electron chi connectivity index (χ1n) is 9.90. The average molecular weight is 407 g/mol. The fourth-order valence-electron chi connectivity index (χ4n) is 3.28. The van der Waals surface area contributed by atoms with E-state index in [0.717, 1.165) is 16.8 Å². The van der Waals surface area contributed by atoms with Gasteiger partial charge in [-0.25, -0.2) is 9.59 Å². The largest absolute Gasteiger partial charge is 0.452 e. The van der Waals surface area contributed by atoms with Crippen LogP contribution in [0.3, 0.4) is 0 Å². The molecule has 0 atom stereocenters. The Morgan fingerprint density at radius 1 is 0.967 bits per heavy atom. The van der Waals surface area contributed by atoms with E-state index >= 15 is 0 Å². The van der Waals surface area contributed by atoms with E-state index in [2.05, 4.69) is 5.32 Å². The SMILES string of the molecule is CC(C)c1cccc(C(C)C)c1NC(=O)COC(=O)c1cc2ccccc2oc1=O. The summed E-state index contributed by atoms with van der Waals surface area (Å²) < 4.78 is 10.2. The van der Waals surface area contributed by atoms with Crippen molar-refractivity contribution in [1.82, 2.24) is 0 Å². The van der Waals surface area contributed by atoms with Crippen molar-refractivity contribution in [1.29, 1.82) is 0 Å². The number of amides is 1.